The number of likely N-dealkylation sites (tertiary alicyclic amines) is 1. The summed E-state index contributed by atoms with van der Waals surface area (Å²) in [4.78, 5) is 31.0. The standard InChI is InChI=1S/C25H24F3N3O5/c1-34-21-15-18(7-9-20(21)35-25(26,27)28)23-29-24(36-30-23)17-11-13-31(14-12-17)22(33)10-8-19(32)16-5-3-2-4-6-16/h2-7,9,15,17H,8,10-14H2,1H3. The van der Waals surface area contributed by atoms with Crippen LogP contribution < -0.4 is 9.47 Å². The topological polar surface area (TPSA) is 94.8 Å². The van der Waals surface area contributed by atoms with Gasteiger partial charge in [0, 0.05) is 43.0 Å². The van der Waals surface area contributed by atoms with Crippen molar-refractivity contribution in [2.75, 3.05) is 20.2 Å². The Morgan fingerprint density at radius 2 is 1.78 bits per heavy atom. The van der Waals surface area contributed by atoms with Gasteiger partial charge in [0.25, 0.3) is 0 Å². The number of Topliss-reactive ketones (excluding diaryl/α,β-unsaturated/α-hetero) is 1. The van der Waals surface area contributed by atoms with Crippen molar-refractivity contribution >= 4 is 11.7 Å². The molecule has 1 fully saturated rings. The number of methoxy groups -OCH3 is 1. The molecule has 1 aliphatic rings. The van der Waals surface area contributed by atoms with E-state index < -0.39 is 12.1 Å². The molecule has 0 bridgehead atoms. The zero-order chi connectivity index (χ0) is 25.7. The van der Waals surface area contributed by atoms with Gasteiger partial charge in [0.1, 0.15) is 0 Å². The molecule has 0 aliphatic carbocycles. The van der Waals surface area contributed by atoms with Gasteiger partial charge in [0.2, 0.25) is 17.6 Å². The summed E-state index contributed by atoms with van der Waals surface area (Å²) in [5.41, 5.74) is 1.00. The maximum atomic E-state index is 12.6. The van der Waals surface area contributed by atoms with Gasteiger partial charge in [-0.1, -0.05) is 35.5 Å². The van der Waals surface area contributed by atoms with Crippen LogP contribution in [0.15, 0.2) is 53.1 Å². The van der Waals surface area contributed by atoms with Crippen molar-refractivity contribution < 1.29 is 36.8 Å². The minimum Gasteiger partial charge on any atom is -0.493 e. The zero-order valence-electron chi connectivity index (χ0n) is 19.5. The van der Waals surface area contributed by atoms with E-state index >= 15 is 0 Å². The van der Waals surface area contributed by atoms with Crippen LogP contribution in [0.1, 0.15) is 47.8 Å². The smallest absolute Gasteiger partial charge is 0.493 e. The zero-order valence-corrected chi connectivity index (χ0v) is 19.5. The van der Waals surface area contributed by atoms with Crippen molar-refractivity contribution in [1.29, 1.82) is 0 Å². The summed E-state index contributed by atoms with van der Waals surface area (Å²) in [5, 5.41) is 3.95. The van der Waals surface area contributed by atoms with Crippen LogP contribution in [0.4, 0.5) is 13.2 Å². The third-order valence-corrected chi connectivity index (χ3v) is 5.95. The maximum Gasteiger partial charge on any atom is 0.573 e. The lowest BCUT2D eigenvalue weighted by atomic mass is 9.96. The van der Waals surface area contributed by atoms with Crippen molar-refractivity contribution in [1.82, 2.24) is 15.0 Å². The predicted molar refractivity (Wildman–Crippen MR) is 122 cm³/mol. The molecular weight excluding hydrogens is 479 g/mol. The Kier molecular flexibility index (Phi) is 7.56. The molecular formula is C25H24F3N3O5. The van der Waals surface area contributed by atoms with Crippen molar-refractivity contribution in [3.63, 3.8) is 0 Å². The fraction of sp³-hybridized carbons (Fsp3) is 0.360. The number of aromatic nitrogens is 2. The normalized spacial score (nSPS) is 14.5. The van der Waals surface area contributed by atoms with E-state index in [1.165, 1.54) is 19.2 Å². The summed E-state index contributed by atoms with van der Waals surface area (Å²) in [6.07, 6.45) is -3.31. The lowest BCUT2D eigenvalue weighted by Gasteiger charge is -2.30. The first kappa shape index (κ1) is 25.2. The summed E-state index contributed by atoms with van der Waals surface area (Å²) in [5.74, 6) is -0.181. The van der Waals surface area contributed by atoms with Crippen LogP contribution in [-0.2, 0) is 4.79 Å². The molecule has 8 nitrogen and oxygen atoms in total. The SMILES string of the molecule is COc1cc(-c2noc(C3CCN(C(=O)CCC(=O)c4ccccc4)CC3)n2)ccc1OC(F)(F)F. The Hall–Kier alpha value is -3.89. The number of rotatable bonds is 8. The number of halogens is 3. The number of alkyl halides is 3. The number of hydrogen-bond acceptors (Lipinski definition) is 7. The van der Waals surface area contributed by atoms with E-state index in [-0.39, 0.29) is 42.0 Å². The second kappa shape index (κ2) is 10.8. The van der Waals surface area contributed by atoms with E-state index in [4.69, 9.17) is 9.26 Å². The number of carbonyl (C=O) groups is 2. The summed E-state index contributed by atoms with van der Waals surface area (Å²) in [6, 6.07) is 12.7. The summed E-state index contributed by atoms with van der Waals surface area (Å²) in [6.45, 7) is 0.996. The Morgan fingerprint density at radius 3 is 2.44 bits per heavy atom. The molecule has 3 aromatic rings. The molecule has 0 unspecified atom stereocenters. The Balaban J connectivity index is 1.32. The highest BCUT2D eigenvalue weighted by Gasteiger charge is 2.33. The molecule has 1 aliphatic heterocycles. The number of ketones is 1. The van der Waals surface area contributed by atoms with Crippen LogP contribution >= 0.6 is 0 Å². The van der Waals surface area contributed by atoms with Crippen molar-refractivity contribution in [2.24, 2.45) is 0 Å². The molecule has 0 spiro atoms. The largest absolute Gasteiger partial charge is 0.573 e. The van der Waals surface area contributed by atoms with E-state index in [1.807, 2.05) is 6.07 Å². The molecule has 0 atom stereocenters. The highest BCUT2D eigenvalue weighted by atomic mass is 19.4. The molecule has 1 amide bonds. The maximum absolute atomic E-state index is 12.6. The molecule has 190 valence electrons. The molecule has 2 heterocycles. The Morgan fingerprint density at radius 1 is 1.06 bits per heavy atom. The third-order valence-electron chi connectivity index (χ3n) is 5.95. The lowest BCUT2D eigenvalue weighted by molar-refractivity contribution is -0.275. The minimum atomic E-state index is -4.85. The number of carbonyl (C=O) groups excluding carboxylic acids is 2. The fourth-order valence-electron chi connectivity index (χ4n) is 4.06. The Labute approximate surface area is 205 Å². The summed E-state index contributed by atoms with van der Waals surface area (Å²) >= 11 is 0. The average Bonchev–Trinajstić information content (AvgIpc) is 3.37. The minimum absolute atomic E-state index is 0.0593. The summed E-state index contributed by atoms with van der Waals surface area (Å²) < 4.78 is 52.0. The second-order valence-electron chi connectivity index (χ2n) is 8.31. The number of amides is 1. The van der Waals surface area contributed by atoms with E-state index in [0.717, 1.165) is 6.07 Å². The van der Waals surface area contributed by atoms with Gasteiger partial charge in [-0.3, -0.25) is 9.59 Å². The summed E-state index contributed by atoms with van der Waals surface area (Å²) in [7, 11) is 1.23. The molecule has 1 saturated heterocycles. The molecule has 4 rings (SSSR count). The first-order chi connectivity index (χ1) is 17.2. The van der Waals surface area contributed by atoms with Gasteiger partial charge in [-0.2, -0.15) is 4.98 Å². The van der Waals surface area contributed by atoms with E-state index in [0.29, 0.717) is 42.9 Å². The quantitative estimate of drug-likeness (QED) is 0.399. The van der Waals surface area contributed by atoms with Crippen molar-refractivity contribution in [3.8, 4) is 22.9 Å². The van der Waals surface area contributed by atoms with E-state index in [9.17, 15) is 22.8 Å². The van der Waals surface area contributed by atoms with Gasteiger partial charge in [0.15, 0.2) is 17.3 Å². The van der Waals surface area contributed by atoms with Crippen LogP contribution in [-0.4, -0.2) is 53.3 Å². The van der Waals surface area contributed by atoms with Crippen LogP contribution in [0, 0.1) is 0 Å². The third kappa shape index (κ3) is 6.21. The molecule has 0 radical (unpaired) electrons. The number of nitrogens with zero attached hydrogens (tertiary/aromatic N) is 3. The second-order valence-corrected chi connectivity index (χ2v) is 8.31. The van der Waals surface area contributed by atoms with Gasteiger partial charge in [-0.05, 0) is 31.0 Å². The van der Waals surface area contributed by atoms with Crippen LogP contribution in [0.2, 0.25) is 0 Å². The molecule has 36 heavy (non-hydrogen) atoms. The van der Waals surface area contributed by atoms with Crippen LogP contribution in [0.3, 0.4) is 0 Å². The van der Waals surface area contributed by atoms with Crippen LogP contribution in [0.5, 0.6) is 11.5 Å². The Bertz CT molecular complexity index is 1210. The predicted octanol–water partition coefficient (Wildman–Crippen LogP) is 5.01. The highest BCUT2D eigenvalue weighted by molar-refractivity contribution is 5.97. The number of benzene rings is 2. The molecule has 2 aromatic carbocycles. The fourth-order valence-corrected chi connectivity index (χ4v) is 4.06. The molecule has 0 saturated carbocycles. The highest BCUT2D eigenvalue weighted by Crippen LogP contribution is 2.36. The van der Waals surface area contributed by atoms with Gasteiger partial charge >= 0.3 is 6.36 Å². The number of ether oxygens (including phenoxy) is 2. The first-order valence-corrected chi connectivity index (χ1v) is 11.4. The first-order valence-electron chi connectivity index (χ1n) is 11.4. The molecule has 11 heteroatoms. The molecule has 1 aromatic heterocycles. The van der Waals surface area contributed by atoms with E-state index in [1.54, 1.807) is 29.2 Å². The number of piperidine rings is 1. The lowest BCUT2D eigenvalue weighted by Crippen LogP contribution is -2.38. The average molecular weight is 503 g/mol. The van der Waals surface area contributed by atoms with Gasteiger partial charge < -0.3 is 18.9 Å². The van der Waals surface area contributed by atoms with Crippen molar-refractivity contribution in [3.05, 3.63) is 60.0 Å². The molecule has 0 N–H and O–H groups in total. The van der Waals surface area contributed by atoms with Crippen molar-refractivity contribution in [2.45, 2.75) is 38.0 Å². The van der Waals surface area contributed by atoms with Crippen LogP contribution in [0.25, 0.3) is 11.4 Å². The number of hydrogen-bond donors (Lipinski definition) is 0. The van der Waals surface area contributed by atoms with Gasteiger partial charge in [-0.15, -0.1) is 13.2 Å². The van der Waals surface area contributed by atoms with Gasteiger partial charge in [0.05, 0.1) is 7.11 Å². The van der Waals surface area contributed by atoms with E-state index in [2.05, 4.69) is 14.9 Å². The monoisotopic (exact) mass is 503 g/mol. The van der Waals surface area contributed by atoms with Gasteiger partial charge in [-0.25, -0.2) is 0 Å².